The fourth-order valence-electron chi connectivity index (χ4n) is 3.40. The van der Waals surface area contributed by atoms with Gasteiger partial charge in [-0.3, -0.25) is 9.69 Å². The van der Waals surface area contributed by atoms with Gasteiger partial charge in [-0.1, -0.05) is 50.7 Å². The van der Waals surface area contributed by atoms with Crippen molar-refractivity contribution in [1.82, 2.24) is 4.90 Å². The zero-order valence-electron chi connectivity index (χ0n) is 16.7. The Morgan fingerprint density at radius 3 is 1.60 bits per heavy atom. The number of nitrogens with zero attached hydrogens (tertiary/aromatic N) is 1. The zero-order chi connectivity index (χ0) is 18.9. The van der Waals surface area contributed by atoms with Crippen LogP contribution in [0.3, 0.4) is 0 Å². The number of unbranched alkanes of at least 4 members (excludes halogenated alkanes) is 8. The summed E-state index contributed by atoms with van der Waals surface area (Å²) in [6.07, 6.45) is 18.1. The summed E-state index contributed by atoms with van der Waals surface area (Å²) in [5.74, 6) is -0.712. The van der Waals surface area contributed by atoms with E-state index in [9.17, 15) is 9.90 Å². The van der Waals surface area contributed by atoms with Gasteiger partial charge in [0.2, 0.25) is 0 Å². The van der Waals surface area contributed by atoms with Crippen LogP contribution < -0.4 is 0 Å². The van der Waals surface area contributed by atoms with Crippen molar-refractivity contribution in [3.63, 3.8) is 0 Å². The summed E-state index contributed by atoms with van der Waals surface area (Å²) < 4.78 is 0. The van der Waals surface area contributed by atoms with Crippen molar-refractivity contribution >= 4 is 5.97 Å². The summed E-state index contributed by atoms with van der Waals surface area (Å²) in [5, 5.41) is 9.26. The van der Waals surface area contributed by atoms with E-state index in [0.29, 0.717) is 12.1 Å². The Bertz CT molecular complexity index is 328. The smallest absolute Gasteiger partial charge is 0.317 e. The first-order chi connectivity index (χ1) is 12.0. The van der Waals surface area contributed by atoms with E-state index < -0.39 is 5.97 Å². The Labute approximate surface area is 156 Å². The molecule has 2 atom stereocenters. The molecule has 0 radical (unpaired) electrons. The molecule has 2 unspecified atom stereocenters. The number of carboxylic acids is 1. The van der Waals surface area contributed by atoms with Crippen molar-refractivity contribution in [3.05, 3.63) is 25.3 Å². The molecule has 0 aliphatic heterocycles. The Hall–Kier alpha value is -1.09. The predicted molar refractivity (Wildman–Crippen MR) is 109 cm³/mol. The van der Waals surface area contributed by atoms with E-state index in [1.807, 2.05) is 12.2 Å². The third kappa shape index (κ3) is 13.8. The number of rotatable bonds is 18. The standard InChI is InChI=1S/C22H41NO2/c1-5-7-9-11-13-15-17-20(3)23(19-22(24)25)21(4)18-16-14-12-10-8-6-2/h5-6,20-21H,1-2,7-19H2,3-4H3,(H,24,25). The molecule has 0 rings (SSSR count). The number of hydrogen-bond donors (Lipinski definition) is 1. The molecule has 0 aromatic heterocycles. The maximum atomic E-state index is 11.3. The number of carboxylic acid groups (broad SMARTS) is 1. The lowest BCUT2D eigenvalue weighted by atomic mass is 10.0. The molecule has 0 aliphatic carbocycles. The summed E-state index contributed by atoms with van der Waals surface area (Å²) in [4.78, 5) is 13.4. The molecule has 0 aromatic rings. The second kappa shape index (κ2) is 16.4. The number of carbonyl (C=O) groups is 1. The van der Waals surface area contributed by atoms with Crippen LogP contribution in [-0.2, 0) is 4.79 Å². The Morgan fingerprint density at radius 1 is 0.840 bits per heavy atom. The molecule has 1 N–H and O–H groups in total. The Kier molecular flexibility index (Phi) is 15.7. The van der Waals surface area contributed by atoms with Crippen molar-refractivity contribution in [2.45, 2.75) is 103 Å². The number of allylic oxidation sites excluding steroid dienone is 2. The second-order valence-electron chi connectivity index (χ2n) is 7.32. The largest absolute Gasteiger partial charge is 0.480 e. The van der Waals surface area contributed by atoms with Gasteiger partial charge in [0.1, 0.15) is 0 Å². The van der Waals surface area contributed by atoms with Crippen molar-refractivity contribution in [2.75, 3.05) is 6.54 Å². The van der Waals surface area contributed by atoms with Crippen LogP contribution in [0.4, 0.5) is 0 Å². The summed E-state index contributed by atoms with van der Waals surface area (Å²) in [7, 11) is 0. The first-order valence-electron chi connectivity index (χ1n) is 10.2. The van der Waals surface area contributed by atoms with Crippen LogP contribution in [0, 0.1) is 0 Å². The second-order valence-corrected chi connectivity index (χ2v) is 7.32. The van der Waals surface area contributed by atoms with Gasteiger partial charge in [-0.05, 0) is 52.4 Å². The van der Waals surface area contributed by atoms with Crippen LogP contribution in [0.2, 0.25) is 0 Å². The Morgan fingerprint density at radius 2 is 1.24 bits per heavy atom. The third-order valence-corrected chi connectivity index (χ3v) is 5.01. The average molecular weight is 352 g/mol. The van der Waals surface area contributed by atoms with Gasteiger partial charge in [0.05, 0.1) is 6.54 Å². The number of hydrogen-bond acceptors (Lipinski definition) is 2. The van der Waals surface area contributed by atoms with Crippen molar-refractivity contribution < 1.29 is 9.90 Å². The van der Waals surface area contributed by atoms with Crippen molar-refractivity contribution in [3.8, 4) is 0 Å². The minimum Gasteiger partial charge on any atom is -0.480 e. The van der Waals surface area contributed by atoms with Gasteiger partial charge in [0.15, 0.2) is 0 Å². The topological polar surface area (TPSA) is 40.5 Å². The maximum absolute atomic E-state index is 11.3. The van der Waals surface area contributed by atoms with Gasteiger partial charge < -0.3 is 5.11 Å². The van der Waals surface area contributed by atoms with Crippen LogP contribution in [0.1, 0.15) is 90.9 Å². The first-order valence-corrected chi connectivity index (χ1v) is 10.2. The van der Waals surface area contributed by atoms with E-state index >= 15 is 0 Å². The Balaban J connectivity index is 4.15. The van der Waals surface area contributed by atoms with E-state index in [1.54, 1.807) is 0 Å². The monoisotopic (exact) mass is 351 g/mol. The summed E-state index contributed by atoms with van der Waals surface area (Å²) in [6.45, 7) is 12.0. The van der Waals surface area contributed by atoms with E-state index in [-0.39, 0.29) is 6.54 Å². The quantitative estimate of drug-likeness (QED) is 0.236. The average Bonchev–Trinajstić information content (AvgIpc) is 2.58. The van der Waals surface area contributed by atoms with Gasteiger partial charge in [-0.2, -0.15) is 0 Å². The van der Waals surface area contributed by atoms with E-state index in [0.717, 1.165) is 25.7 Å². The van der Waals surface area contributed by atoms with Crippen molar-refractivity contribution in [2.24, 2.45) is 0 Å². The normalized spacial score (nSPS) is 13.6. The molecule has 0 aromatic carbocycles. The van der Waals surface area contributed by atoms with Crippen LogP contribution in [0.25, 0.3) is 0 Å². The van der Waals surface area contributed by atoms with Gasteiger partial charge in [-0.25, -0.2) is 0 Å². The fourth-order valence-corrected chi connectivity index (χ4v) is 3.40. The highest BCUT2D eigenvalue weighted by Gasteiger charge is 2.22. The van der Waals surface area contributed by atoms with Crippen molar-refractivity contribution in [1.29, 1.82) is 0 Å². The van der Waals surface area contributed by atoms with Crippen LogP contribution in [-0.4, -0.2) is 34.6 Å². The molecule has 0 saturated carbocycles. The molecule has 0 heterocycles. The fraction of sp³-hybridized carbons (Fsp3) is 0.773. The summed E-state index contributed by atoms with van der Waals surface area (Å²) >= 11 is 0. The molecule has 3 heteroatoms. The first kappa shape index (κ1) is 23.9. The lowest BCUT2D eigenvalue weighted by Crippen LogP contribution is -2.43. The zero-order valence-corrected chi connectivity index (χ0v) is 16.7. The SMILES string of the molecule is C=CCCCCCCC(C)N(CC(=O)O)C(C)CCCCCCC=C. The highest BCUT2D eigenvalue weighted by atomic mass is 16.4. The van der Waals surface area contributed by atoms with Gasteiger partial charge in [-0.15, -0.1) is 13.2 Å². The molecular weight excluding hydrogens is 310 g/mol. The van der Waals surface area contributed by atoms with Crippen LogP contribution in [0.15, 0.2) is 25.3 Å². The lowest BCUT2D eigenvalue weighted by molar-refractivity contribution is -0.139. The van der Waals surface area contributed by atoms with Gasteiger partial charge in [0.25, 0.3) is 0 Å². The predicted octanol–water partition coefficient (Wildman–Crippen LogP) is 6.20. The van der Waals surface area contributed by atoms with E-state index in [2.05, 4.69) is 31.9 Å². The molecule has 25 heavy (non-hydrogen) atoms. The molecule has 3 nitrogen and oxygen atoms in total. The molecular formula is C22H41NO2. The van der Waals surface area contributed by atoms with E-state index in [4.69, 9.17) is 0 Å². The summed E-state index contributed by atoms with van der Waals surface area (Å²) in [5.41, 5.74) is 0. The molecule has 0 amide bonds. The van der Waals surface area contributed by atoms with Gasteiger partial charge in [0, 0.05) is 12.1 Å². The molecule has 146 valence electrons. The summed E-state index contributed by atoms with van der Waals surface area (Å²) in [6, 6.07) is 0.678. The van der Waals surface area contributed by atoms with Crippen LogP contribution >= 0.6 is 0 Å². The highest BCUT2D eigenvalue weighted by molar-refractivity contribution is 5.69. The lowest BCUT2D eigenvalue weighted by Gasteiger charge is -2.33. The van der Waals surface area contributed by atoms with E-state index in [1.165, 1.54) is 51.4 Å². The molecule has 0 saturated heterocycles. The maximum Gasteiger partial charge on any atom is 0.317 e. The minimum atomic E-state index is -0.712. The molecule has 0 bridgehead atoms. The molecule has 0 spiro atoms. The minimum absolute atomic E-state index is 0.162. The highest BCUT2D eigenvalue weighted by Crippen LogP contribution is 2.18. The molecule has 0 fully saturated rings. The van der Waals surface area contributed by atoms with Crippen LogP contribution in [0.5, 0.6) is 0 Å². The van der Waals surface area contributed by atoms with Gasteiger partial charge >= 0.3 is 5.97 Å². The number of aliphatic carboxylic acids is 1. The third-order valence-electron chi connectivity index (χ3n) is 5.01. The molecule has 0 aliphatic rings.